The Morgan fingerprint density at radius 3 is 2.70 bits per heavy atom. The molecule has 0 aliphatic rings. The molecule has 0 amide bonds. The molecule has 3 nitrogen and oxygen atoms in total. The van der Waals surface area contributed by atoms with Crippen LogP contribution in [0.15, 0.2) is 53.9 Å². The van der Waals surface area contributed by atoms with Gasteiger partial charge in [-0.05, 0) is 34.4 Å². The smallest absolute Gasteiger partial charge is 0.346 e. The fourth-order valence-corrected chi connectivity index (χ4v) is 2.80. The normalized spacial score (nSPS) is 10.6. The first-order valence-corrected chi connectivity index (χ1v) is 7.03. The van der Waals surface area contributed by atoms with E-state index in [9.17, 15) is 4.79 Å². The lowest BCUT2D eigenvalue weighted by Crippen LogP contribution is -2.01. The van der Waals surface area contributed by atoms with Gasteiger partial charge in [-0.25, -0.2) is 4.79 Å². The summed E-state index contributed by atoms with van der Waals surface area (Å²) in [6.45, 7) is 0.267. The van der Waals surface area contributed by atoms with Gasteiger partial charge in [-0.1, -0.05) is 30.3 Å². The minimum absolute atomic E-state index is 0.267. The molecule has 0 saturated carbocycles. The first-order valence-electron chi connectivity index (χ1n) is 6.15. The molecule has 0 atom stereocenters. The van der Waals surface area contributed by atoms with Crippen molar-refractivity contribution in [1.82, 2.24) is 0 Å². The van der Waals surface area contributed by atoms with Gasteiger partial charge >= 0.3 is 5.97 Å². The third-order valence-electron chi connectivity index (χ3n) is 3.06. The van der Waals surface area contributed by atoms with Crippen LogP contribution in [0.1, 0.15) is 15.2 Å². The maximum Gasteiger partial charge on any atom is 0.346 e. The molecule has 0 aliphatic carbocycles. The molecule has 0 fully saturated rings. The van der Waals surface area contributed by atoms with Gasteiger partial charge in [-0.3, -0.25) is 0 Å². The molecular weight excluding hydrogens is 272 g/mol. The second-order valence-electron chi connectivity index (χ2n) is 4.38. The van der Waals surface area contributed by atoms with E-state index in [2.05, 4.69) is 0 Å². The molecule has 0 saturated heterocycles. The molecule has 100 valence electrons. The summed E-state index contributed by atoms with van der Waals surface area (Å²) in [7, 11) is 0. The summed E-state index contributed by atoms with van der Waals surface area (Å²) >= 11 is 1.22. The van der Waals surface area contributed by atoms with E-state index in [0.29, 0.717) is 10.4 Å². The highest BCUT2D eigenvalue weighted by Gasteiger charge is 2.11. The Hall–Kier alpha value is -2.33. The van der Waals surface area contributed by atoms with E-state index in [1.807, 2.05) is 42.5 Å². The van der Waals surface area contributed by atoms with Crippen molar-refractivity contribution in [3.05, 3.63) is 64.4 Å². The molecule has 1 heterocycles. The predicted molar refractivity (Wildman–Crippen MR) is 79.6 cm³/mol. The molecule has 3 rings (SSSR count). The lowest BCUT2D eigenvalue weighted by molar-refractivity contribution is 0.0699. The molecule has 0 bridgehead atoms. The number of hydrogen-bond donors (Lipinski definition) is 1. The molecule has 3 aromatic rings. The van der Waals surface area contributed by atoms with Crippen LogP contribution in [0.5, 0.6) is 5.75 Å². The Kier molecular flexibility index (Phi) is 3.39. The minimum Gasteiger partial charge on any atom is -0.489 e. The fraction of sp³-hybridized carbons (Fsp3) is 0.0625. The molecule has 1 aromatic heterocycles. The molecule has 0 unspecified atom stereocenters. The highest BCUT2D eigenvalue weighted by molar-refractivity contribution is 7.12. The number of aromatic carboxylic acids is 1. The van der Waals surface area contributed by atoms with Gasteiger partial charge in [-0.2, -0.15) is 0 Å². The van der Waals surface area contributed by atoms with Crippen molar-refractivity contribution in [1.29, 1.82) is 0 Å². The van der Waals surface area contributed by atoms with Crippen molar-refractivity contribution in [2.45, 2.75) is 6.61 Å². The molecular formula is C16H12O3S. The van der Waals surface area contributed by atoms with Gasteiger partial charge in [0, 0.05) is 5.56 Å². The van der Waals surface area contributed by atoms with Crippen LogP contribution < -0.4 is 4.74 Å². The zero-order valence-corrected chi connectivity index (χ0v) is 11.4. The second-order valence-corrected chi connectivity index (χ2v) is 5.29. The summed E-state index contributed by atoms with van der Waals surface area (Å²) in [6.07, 6.45) is 0. The number of carbonyl (C=O) groups is 1. The summed E-state index contributed by atoms with van der Waals surface area (Å²) in [4.78, 5) is 11.4. The van der Waals surface area contributed by atoms with Gasteiger partial charge in [0.1, 0.15) is 17.2 Å². The Morgan fingerprint density at radius 2 is 1.90 bits per heavy atom. The van der Waals surface area contributed by atoms with E-state index in [1.165, 1.54) is 11.3 Å². The Bertz CT molecular complexity index is 761. The number of rotatable bonds is 4. The van der Waals surface area contributed by atoms with Gasteiger partial charge in [-0.15, -0.1) is 11.3 Å². The predicted octanol–water partition coefficient (Wildman–Crippen LogP) is 4.18. The average molecular weight is 284 g/mol. The maximum absolute atomic E-state index is 11.0. The number of carboxylic acid groups (broad SMARTS) is 1. The van der Waals surface area contributed by atoms with Crippen LogP contribution in [-0.2, 0) is 6.61 Å². The lowest BCUT2D eigenvalue weighted by Gasteiger charge is -2.07. The zero-order valence-electron chi connectivity index (χ0n) is 10.6. The van der Waals surface area contributed by atoms with Gasteiger partial charge in [0.15, 0.2) is 0 Å². The van der Waals surface area contributed by atoms with Crippen LogP contribution in [0.2, 0.25) is 0 Å². The number of ether oxygens (including phenoxy) is 1. The molecule has 0 spiro atoms. The molecule has 0 aliphatic heterocycles. The standard InChI is InChI=1S/C16H12O3S/c17-16(18)15-13(7-8-20-15)10-19-14-6-5-11-3-1-2-4-12(11)9-14/h1-9H,10H2,(H,17,18). The van der Waals surface area contributed by atoms with Crippen LogP contribution in [0.4, 0.5) is 0 Å². The first kappa shape index (κ1) is 12.7. The average Bonchev–Trinajstić information content (AvgIpc) is 2.93. The number of benzene rings is 2. The number of carboxylic acids is 1. The van der Waals surface area contributed by atoms with Crippen LogP contribution in [0.3, 0.4) is 0 Å². The van der Waals surface area contributed by atoms with Crippen LogP contribution >= 0.6 is 11.3 Å². The summed E-state index contributed by atoms with van der Waals surface area (Å²) in [5.74, 6) is -0.164. The highest BCUT2D eigenvalue weighted by atomic mass is 32.1. The second kappa shape index (κ2) is 5.35. The van der Waals surface area contributed by atoms with E-state index < -0.39 is 5.97 Å². The van der Waals surface area contributed by atoms with E-state index in [0.717, 1.165) is 16.5 Å². The summed E-state index contributed by atoms with van der Waals surface area (Å²) in [5, 5.41) is 13.1. The summed E-state index contributed by atoms with van der Waals surface area (Å²) < 4.78 is 5.69. The third kappa shape index (κ3) is 2.51. The maximum atomic E-state index is 11.0. The molecule has 4 heteroatoms. The SMILES string of the molecule is O=C(O)c1sccc1COc1ccc2ccccc2c1. The topological polar surface area (TPSA) is 46.5 Å². The molecule has 20 heavy (non-hydrogen) atoms. The summed E-state index contributed by atoms with van der Waals surface area (Å²) in [6, 6.07) is 15.7. The lowest BCUT2D eigenvalue weighted by atomic mass is 10.1. The van der Waals surface area contributed by atoms with Crippen LogP contribution in [0, 0.1) is 0 Å². The quantitative estimate of drug-likeness (QED) is 0.781. The Balaban J connectivity index is 1.79. The molecule has 2 aromatic carbocycles. The van der Waals surface area contributed by atoms with Crippen molar-refractivity contribution in [3.63, 3.8) is 0 Å². The van der Waals surface area contributed by atoms with Gasteiger partial charge < -0.3 is 9.84 Å². The first-order chi connectivity index (χ1) is 9.74. The Morgan fingerprint density at radius 1 is 1.10 bits per heavy atom. The monoisotopic (exact) mass is 284 g/mol. The fourth-order valence-electron chi connectivity index (χ4n) is 2.06. The van der Waals surface area contributed by atoms with Crippen molar-refractivity contribution in [3.8, 4) is 5.75 Å². The van der Waals surface area contributed by atoms with Gasteiger partial charge in [0.2, 0.25) is 0 Å². The van der Waals surface area contributed by atoms with Crippen LogP contribution in [-0.4, -0.2) is 11.1 Å². The van der Waals surface area contributed by atoms with Crippen LogP contribution in [0.25, 0.3) is 10.8 Å². The van der Waals surface area contributed by atoms with E-state index in [-0.39, 0.29) is 6.61 Å². The zero-order chi connectivity index (χ0) is 13.9. The third-order valence-corrected chi connectivity index (χ3v) is 4.00. The van der Waals surface area contributed by atoms with Crippen molar-refractivity contribution >= 4 is 28.1 Å². The number of hydrogen-bond acceptors (Lipinski definition) is 3. The van der Waals surface area contributed by atoms with E-state index in [4.69, 9.17) is 9.84 Å². The van der Waals surface area contributed by atoms with Crippen molar-refractivity contribution in [2.75, 3.05) is 0 Å². The summed E-state index contributed by atoms with van der Waals surface area (Å²) in [5.41, 5.74) is 0.704. The number of fused-ring (bicyclic) bond motifs is 1. The largest absolute Gasteiger partial charge is 0.489 e. The minimum atomic E-state index is -0.905. The van der Waals surface area contributed by atoms with Crippen molar-refractivity contribution < 1.29 is 14.6 Å². The van der Waals surface area contributed by atoms with E-state index in [1.54, 1.807) is 11.4 Å². The van der Waals surface area contributed by atoms with E-state index >= 15 is 0 Å². The highest BCUT2D eigenvalue weighted by Crippen LogP contribution is 2.23. The van der Waals surface area contributed by atoms with Gasteiger partial charge in [0.25, 0.3) is 0 Å². The number of thiophene rings is 1. The van der Waals surface area contributed by atoms with Crippen molar-refractivity contribution in [2.24, 2.45) is 0 Å². The Labute approximate surface area is 120 Å². The van der Waals surface area contributed by atoms with Gasteiger partial charge in [0.05, 0.1) is 0 Å². The molecule has 0 radical (unpaired) electrons. The molecule has 1 N–H and O–H groups in total.